The maximum absolute atomic E-state index is 13.4. The van der Waals surface area contributed by atoms with Gasteiger partial charge in [-0.2, -0.15) is 0 Å². The summed E-state index contributed by atoms with van der Waals surface area (Å²) < 4.78 is 53.3. The molecule has 3 aromatic heterocycles. The number of alkyl halides is 3. The van der Waals surface area contributed by atoms with Crippen LogP contribution in [0, 0.1) is 20.8 Å². The zero-order valence-corrected chi connectivity index (χ0v) is 18.3. The number of hydrogen-bond acceptors (Lipinski definition) is 6. The standard InChI is InChI=1S/C23H20F3N3O4/c1-12-9-16(14(3)31-12)18-10-17(20-13(2)28-33-21(20)27-18)22(30)29(4)11-15-7-5-6-8-19(15)32-23(24,25)26/h5-10H,11H2,1-4H3. The van der Waals surface area contributed by atoms with Gasteiger partial charge in [0.05, 0.1) is 22.3 Å². The summed E-state index contributed by atoms with van der Waals surface area (Å²) in [6, 6.07) is 9.10. The molecule has 33 heavy (non-hydrogen) atoms. The number of fused-ring (bicyclic) bond motifs is 1. The quantitative estimate of drug-likeness (QED) is 0.388. The first-order valence-corrected chi connectivity index (χ1v) is 9.97. The predicted molar refractivity (Wildman–Crippen MR) is 113 cm³/mol. The van der Waals surface area contributed by atoms with Gasteiger partial charge < -0.3 is 18.6 Å². The molecular formula is C23H20F3N3O4. The molecule has 0 aliphatic carbocycles. The first kappa shape index (κ1) is 22.4. The third kappa shape index (κ3) is 4.55. The Morgan fingerprint density at radius 2 is 1.88 bits per heavy atom. The molecule has 4 aromatic rings. The highest BCUT2D eigenvalue weighted by molar-refractivity contribution is 6.06. The van der Waals surface area contributed by atoms with Crippen molar-refractivity contribution in [2.45, 2.75) is 33.7 Å². The summed E-state index contributed by atoms with van der Waals surface area (Å²) in [7, 11) is 1.49. The van der Waals surface area contributed by atoms with Crippen molar-refractivity contribution in [3.8, 4) is 17.0 Å². The van der Waals surface area contributed by atoms with Crippen LogP contribution in [0.2, 0.25) is 0 Å². The lowest BCUT2D eigenvalue weighted by Crippen LogP contribution is -2.27. The number of furan rings is 1. The first-order chi connectivity index (χ1) is 15.5. The van der Waals surface area contributed by atoms with Crippen LogP contribution in [0.4, 0.5) is 13.2 Å². The smallest absolute Gasteiger partial charge is 0.466 e. The van der Waals surface area contributed by atoms with Crippen LogP contribution in [0.1, 0.15) is 33.1 Å². The number of carbonyl (C=O) groups excluding carboxylic acids is 1. The molecule has 1 aromatic carbocycles. The normalized spacial score (nSPS) is 11.7. The number of para-hydroxylation sites is 1. The van der Waals surface area contributed by atoms with E-state index in [0.717, 1.165) is 0 Å². The second-order valence-electron chi connectivity index (χ2n) is 7.65. The fourth-order valence-electron chi connectivity index (χ4n) is 3.68. The van der Waals surface area contributed by atoms with Gasteiger partial charge in [0.25, 0.3) is 11.6 Å². The van der Waals surface area contributed by atoms with E-state index in [1.165, 1.54) is 30.1 Å². The number of hydrogen-bond donors (Lipinski definition) is 0. The second kappa shape index (κ2) is 8.27. The third-order valence-electron chi connectivity index (χ3n) is 5.12. The van der Waals surface area contributed by atoms with Crippen molar-refractivity contribution < 1.29 is 31.6 Å². The lowest BCUT2D eigenvalue weighted by molar-refractivity contribution is -0.275. The molecule has 172 valence electrons. The van der Waals surface area contributed by atoms with Crippen LogP contribution in [0.5, 0.6) is 5.75 Å². The topological polar surface area (TPSA) is 81.6 Å². The molecule has 3 heterocycles. The van der Waals surface area contributed by atoms with Crippen molar-refractivity contribution >= 4 is 17.0 Å². The van der Waals surface area contributed by atoms with Crippen LogP contribution in [0.15, 0.2) is 45.3 Å². The summed E-state index contributed by atoms with van der Waals surface area (Å²) in [5.41, 5.74) is 2.29. The van der Waals surface area contributed by atoms with E-state index >= 15 is 0 Å². The summed E-state index contributed by atoms with van der Waals surface area (Å²) in [5.74, 6) is 0.510. The monoisotopic (exact) mass is 459 g/mol. The third-order valence-corrected chi connectivity index (χ3v) is 5.12. The van der Waals surface area contributed by atoms with Crippen LogP contribution in [-0.2, 0) is 6.54 Å². The number of ether oxygens (including phenoxy) is 1. The highest BCUT2D eigenvalue weighted by atomic mass is 19.4. The summed E-state index contributed by atoms with van der Waals surface area (Å²) >= 11 is 0. The molecule has 0 fully saturated rings. The number of halogens is 3. The van der Waals surface area contributed by atoms with Crippen LogP contribution < -0.4 is 4.74 Å². The SMILES string of the molecule is Cc1cc(-c2cc(C(=O)N(C)Cc3ccccc3OC(F)(F)F)c3c(C)noc3n2)c(C)o1. The van der Waals surface area contributed by atoms with E-state index in [1.54, 1.807) is 39.0 Å². The van der Waals surface area contributed by atoms with Gasteiger partial charge in [0.2, 0.25) is 0 Å². The van der Waals surface area contributed by atoms with E-state index in [2.05, 4.69) is 14.9 Å². The van der Waals surface area contributed by atoms with Gasteiger partial charge in [0, 0.05) is 24.7 Å². The highest BCUT2D eigenvalue weighted by Gasteiger charge is 2.32. The Morgan fingerprint density at radius 3 is 2.55 bits per heavy atom. The molecule has 10 heteroatoms. The summed E-state index contributed by atoms with van der Waals surface area (Å²) in [6.07, 6.45) is -4.84. The molecule has 0 N–H and O–H groups in total. The van der Waals surface area contributed by atoms with Gasteiger partial charge in [-0.15, -0.1) is 13.2 Å². The fraction of sp³-hybridized carbons (Fsp3) is 0.261. The van der Waals surface area contributed by atoms with Gasteiger partial charge in [-0.05, 0) is 39.0 Å². The maximum atomic E-state index is 13.4. The van der Waals surface area contributed by atoms with Gasteiger partial charge in [-0.25, -0.2) is 4.98 Å². The molecule has 0 aliphatic heterocycles. The van der Waals surface area contributed by atoms with E-state index in [-0.39, 0.29) is 29.1 Å². The Bertz CT molecular complexity index is 1340. The Morgan fingerprint density at radius 1 is 1.15 bits per heavy atom. The number of rotatable bonds is 5. The van der Waals surface area contributed by atoms with Crippen molar-refractivity contribution in [3.63, 3.8) is 0 Å². The molecule has 0 radical (unpaired) electrons. The van der Waals surface area contributed by atoms with Gasteiger partial charge >= 0.3 is 6.36 Å². The van der Waals surface area contributed by atoms with Crippen molar-refractivity contribution in [2.75, 3.05) is 7.05 Å². The van der Waals surface area contributed by atoms with Crippen molar-refractivity contribution in [2.24, 2.45) is 0 Å². The minimum Gasteiger partial charge on any atom is -0.466 e. The van der Waals surface area contributed by atoms with Crippen LogP contribution >= 0.6 is 0 Å². The van der Waals surface area contributed by atoms with Crippen molar-refractivity contribution in [3.05, 3.63) is 64.7 Å². The van der Waals surface area contributed by atoms with Gasteiger partial charge in [-0.3, -0.25) is 4.79 Å². The molecule has 0 spiro atoms. The molecule has 4 rings (SSSR count). The van der Waals surface area contributed by atoms with Gasteiger partial charge in [-0.1, -0.05) is 23.4 Å². The Labute approximate surface area is 186 Å². The van der Waals surface area contributed by atoms with E-state index in [0.29, 0.717) is 33.9 Å². The zero-order valence-electron chi connectivity index (χ0n) is 18.3. The minimum absolute atomic E-state index is 0.113. The highest BCUT2D eigenvalue weighted by Crippen LogP contribution is 2.32. The summed E-state index contributed by atoms with van der Waals surface area (Å²) in [4.78, 5) is 19.2. The number of nitrogens with zero attached hydrogens (tertiary/aromatic N) is 3. The molecule has 1 amide bonds. The molecule has 0 atom stereocenters. The van der Waals surface area contributed by atoms with Crippen LogP contribution in [0.3, 0.4) is 0 Å². The number of aromatic nitrogens is 2. The van der Waals surface area contributed by atoms with Crippen LogP contribution in [0.25, 0.3) is 22.4 Å². The molecule has 0 aliphatic rings. The Balaban J connectivity index is 1.73. The van der Waals surface area contributed by atoms with E-state index in [9.17, 15) is 18.0 Å². The number of carbonyl (C=O) groups is 1. The largest absolute Gasteiger partial charge is 0.573 e. The molecule has 0 unspecified atom stereocenters. The second-order valence-corrected chi connectivity index (χ2v) is 7.65. The number of aryl methyl sites for hydroxylation is 3. The molecule has 7 nitrogen and oxygen atoms in total. The van der Waals surface area contributed by atoms with Gasteiger partial charge in [0.1, 0.15) is 17.3 Å². The molecule has 0 bridgehead atoms. The van der Waals surface area contributed by atoms with E-state index in [4.69, 9.17) is 8.94 Å². The predicted octanol–water partition coefficient (Wildman–Crippen LogP) is 5.58. The minimum atomic E-state index is -4.84. The van der Waals surface area contributed by atoms with Crippen LogP contribution in [-0.4, -0.2) is 34.4 Å². The van der Waals surface area contributed by atoms with E-state index in [1.807, 2.05) is 0 Å². The maximum Gasteiger partial charge on any atom is 0.573 e. The number of amides is 1. The Kier molecular flexibility index (Phi) is 5.61. The number of benzene rings is 1. The summed E-state index contributed by atoms with van der Waals surface area (Å²) in [6.45, 7) is 5.15. The van der Waals surface area contributed by atoms with Gasteiger partial charge in [0.15, 0.2) is 0 Å². The average Bonchev–Trinajstić information content (AvgIpc) is 3.28. The molecular weight excluding hydrogens is 439 g/mol. The Hall–Kier alpha value is -3.82. The zero-order chi connectivity index (χ0) is 23.9. The van der Waals surface area contributed by atoms with Crippen molar-refractivity contribution in [1.29, 1.82) is 0 Å². The first-order valence-electron chi connectivity index (χ1n) is 9.97. The lowest BCUT2D eigenvalue weighted by atomic mass is 10.0. The lowest BCUT2D eigenvalue weighted by Gasteiger charge is -2.20. The van der Waals surface area contributed by atoms with Crippen molar-refractivity contribution in [1.82, 2.24) is 15.0 Å². The molecule has 0 saturated carbocycles. The molecule has 0 saturated heterocycles. The van der Waals surface area contributed by atoms with E-state index < -0.39 is 12.3 Å². The average molecular weight is 459 g/mol. The fourth-order valence-corrected chi connectivity index (χ4v) is 3.68. The summed E-state index contributed by atoms with van der Waals surface area (Å²) in [5, 5.41) is 4.36. The number of pyridine rings is 1.